The molecule has 0 heterocycles. The second-order valence-corrected chi connectivity index (χ2v) is 12.7. The maximum atomic E-state index is 13.3. The van der Waals surface area contributed by atoms with Crippen molar-refractivity contribution in [1.29, 1.82) is 0 Å². The monoisotopic (exact) mass is 703 g/mol. The van der Waals surface area contributed by atoms with Crippen molar-refractivity contribution in [3.05, 3.63) is 96.1 Å². The van der Waals surface area contributed by atoms with E-state index in [-0.39, 0.29) is 9.79 Å². The number of hydroxylamine groups is 1. The third-order valence-corrected chi connectivity index (χ3v) is 8.80. The summed E-state index contributed by atoms with van der Waals surface area (Å²) >= 11 is 0. The Kier molecular flexibility index (Phi) is 12.3. The van der Waals surface area contributed by atoms with Crippen LogP contribution in [0.3, 0.4) is 0 Å². The minimum absolute atomic E-state index is 0.00668. The van der Waals surface area contributed by atoms with Gasteiger partial charge < -0.3 is 30.8 Å². The third-order valence-electron chi connectivity index (χ3n) is 7.01. The molecule has 15 nitrogen and oxygen atoms in total. The van der Waals surface area contributed by atoms with Gasteiger partial charge in [-0.25, -0.2) is 27.6 Å². The number of carbonyl (C=O) groups excluding carboxylic acids is 4. The van der Waals surface area contributed by atoms with Crippen LogP contribution in [0.25, 0.3) is 0 Å². The zero-order chi connectivity index (χ0) is 36.3. The minimum atomic E-state index is -3.92. The second-order valence-electron chi connectivity index (χ2n) is 10.8. The fraction of sp³-hybridized carbons (Fsp3) is 0.176. The van der Waals surface area contributed by atoms with E-state index < -0.39 is 34.1 Å². The number of hydrogen-bond donors (Lipinski definition) is 7. The van der Waals surface area contributed by atoms with Gasteiger partial charge in [0.2, 0.25) is 9.84 Å². The molecule has 0 aromatic heterocycles. The Morgan fingerprint density at radius 2 is 0.980 bits per heavy atom. The van der Waals surface area contributed by atoms with Gasteiger partial charge in [-0.1, -0.05) is 19.1 Å². The zero-order valence-electron chi connectivity index (χ0n) is 27.7. The Hall–Kier alpha value is -6.13. The number of anilines is 6. The summed E-state index contributed by atoms with van der Waals surface area (Å²) < 4.78 is 31.1. The van der Waals surface area contributed by atoms with Crippen LogP contribution in [0.1, 0.15) is 24.5 Å². The number of nitrogens with one attached hydrogen (secondary N) is 7. The number of aryl methyl sites for hydroxylation is 2. The summed E-state index contributed by atoms with van der Waals surface area (Å²) in [5, 5.41) is 15.8. The molecule has 0 unspecified atom stereocenters. The van der Waals surface area contributed by atoms with Gasteiger partial charge in [0.15, 0.2) is 0 Å². The predicted octanol–water partition coefficient (Wildman–Crippen LogP) is 7.07. The molecule has 0 fully saturated rings. The van der Waals surface area contributed by atoms with E-state index in [4.69, 9.17) is 4.84 Å². The Bertz CT molecular complexity index is 1970. The maximum absolute atomic E-state index is 13.3. The Morgan fingerprint density at radius 1 is 0.580 bits per heavy atom. The first-order chi connectivity index (χ1) is 23.9. The van der Waals surface area contributed by atoms with Crippen molar-refractivity contribution < 1.29 is 37.2 Å². The highest BCUT2D eigenvalue weighted by Crippen LogP contribution is 2.25. The first-order valence-corrected chi connectivity index (χ1v) is 16.7. The van der Waals surface area contributed by atoms with E-state index in [1.165, 1.54) is 55.6 Å². The van der Waals surface area contributed by atoms with Crippen LogP contribution >= 0.6 is 0 Å². The van der Waals surface area contributed by atoms with Crippen LogP contribution in [0.15, 0.2) is 94.7 Å². The summed E-state index contributed by atoms with van der Waals surface area (Å²) in [7, 11) is -2.68. The second kappa shape index (κ2) is 16.8. The lowest BCUT2D eigenvalue weighted by atomic mass is 10.2. The molecule has 0 saturated heterocycles. The van der Waals surface area contributed by atoms with E-state index in [2.05, 4.69) is 42.1 Å². The fourth-order valence-electron chi connectivity index (χ4n) is 4.34. The smallest absolute Gasteiger partial charge is 0.430 e. The van der Waals surface area contributed by atoms with Gasteiger partial charge in [-0.15, -0.1) is 0 Å². The van der Waals surface area contributed by atoms with Gasteiger partial charge in [0.05, 0.1) is 16.9 Å². The molecule has 0 atom stereocenters. The first-order valence-electron chi connectivity index (χ1n) is 15.3. The summed E-state index contributed by atoms with van der Waals surface area (Å²) in [6.45, 7) is 6.01. The number of hydrogen-bond acceptors (Lipinski definition) is 9. The maximum Gasteiger partial charge on any atom is 0.430 e. The number of ether oxygens (including phenoxy) is 1. The molecule has 262 valence electrons. The number of sulfone groups is 1. The van der Waals surface area contributed by atoms with Crippen LogP contribution in [0.2, 0.25) is 0 Å². The number of methoxy groups -OCH3 is 1. The van der Waals surface area contributed by atoms with E-state index in [0.29, 0.717) is 40.7 Å². The number of urea groups is 2. The summed E-state index contributed by atoms with van der Waals surface area (Å²) in [4.78, 5) is 53.6. The molecule has 0 saturated carbocycles. The molecule has 16 heteroatoms. The van der Waals surface area contributed by atoms with Crippen molar-refractivity contribution in [1.82, 2.24) is 5.48 Å². The highest BCUT2D eigenvalue weighted by atomic mass is 32.2. The summed E-state index contributed by atoms with van der Waals surface area (Å²) in [6.07, 6.45) is -0.558. The minimum Gasteiger partial charge on any atom is -0.453 e. The molecule has 0 aliphatic carbocycles. The van der Waals surface area contributed by atoms with Gasteiger partial charge >= 0.3 is 24.2 Å². The third kappa shape index (κ3) is 10.2. The molecule has 50 heavy (non-hydrogen) atoms. The van der Waals surface area contributed by atoms with Crippen molar-refractivity contribution in [2.45, 2.75) is 37.0 Å². The average molecular weight is 704 g/mol. The first kappa shape index (κ1) is 36.7. The van der Waals surface area contributed by atoms with Gasteiger partial charge in [0, 0.05) is 40.7 Å². The van der Waals surface area contributed by atoms with E-state index in [1.807, 2.05) is 6.92 Å². The van der Waals surface area contributed by atoms with Crippen molar-refractivity contribution in [3.8, 4) is 0 Å². The topological polar surface area (TPSA) is 205 Å². The molecular formula is C34H37N7O8S. The number of amides is 6. The lowest BCUT2D eigenvalue weighted by molar-refractivity contribution is 0.103. The Balaban J connectivity index is 1.32. The standard InChI is InChI=1S/C34H37N7O8S/c1-5-18-35-49-34(45)41-30-20-26(9-7-22(30)3)39-32(43)37-24-12-16-28(17-13-24)50(46,47)27-14-10-23(11-15-27)36-31(42)38-25-8-6-21(2)29(19-25)40-33(44)48-4/h6-17,19-20,35H,5,18H2,1-4H3,(H,40,44)(H,41,45)(H2,36,38,42)(H2,37,39,43). The van der Waals surface area contributed by atoms with Gasteiger partial charge in [-0.2, -0.15) is 5.48 Å². The zero-order valence-corrected chi connectivity index (χ0v) is 28.5. The highest BCUT2D eigenvalue weighted by molar-refractivity contribution is 7.91. The van der Waals surface area contributed by atoms with Gasteiger partial charge in [0.25, 0.3) is 0 Å². The summed E-state index contributed by atoms with van der Waals surface area (Å²) in [5.41, 5.74) is 6.44. The molecule has 4 rings (SSSR count). The van der Waals surface area contributed by atoms with Crippen LogP contribution in [0.5, 0.6) is 0 Å². The molecule has 7 N–H and O–H groups in total. The van der Waals surface area contributed by atoms with E-state index in [9.17, 15) is 27.6 Å². The quantitative estimate of drug-likeness (QED) is 0.0629. The van der Waals surface area contributed by atoms with Gasteiger partial charge in [-0.3, -0.25) is 10.6 Å². The Morgan fingerprint density at radius 3 is 1.40 bits per heavy atom. The van der Waals surface area contributed by atoms with Crippen LogP contribution < -0.4 is 37.4 Å². The lowest BCUT2D eigenvalue weighted by Gasteiger charge is -2.13. The summed E-state index contributed by atoms with van der Waals surface area (Å²) in [6, 6.07) is 20.0. The molecule has 0 bridgehead atoms. The average Bonchev–Trinajstić information content (AvgIpc) is 3.08. The number of carbonyl (C=O) groups is 4. The normalized spacial score (nSPS) is 10.7. The number of rotatable bonds is 11. The lowest BCUT2D eigenvalue weighted by Crippen LogP contribution is -2.25. The molecule has 0 spiro atoms. The van der Waals surface area contributed by atoms with Crippen molar-refractivity contribution in [3.63, 3.8) is 0 Å². The van der Waals surface area contributed by atoms with Crippen LogP contribution in [-0.2, 0) is 19.4 Å². The Labute approximate surface area is 289 Å². The molecule has 0 radical (unpaired) electrons. The molecule has 4 aromatic rings. The van der Waals surface area contributed by atoms with Gasteiger partial charge in [-0.05, 0) is 104 Å². The highest BCUT2D eigenvalue weighted by Gasteiger charge is 2.18. The van der Waals surface area contributed by atoms with E-state index in [0.717, 1.165) is 17.5 Å². The largest absolute Gasteiger partial charge is 0.453 e. The molecule has 0 aliphatic heterocycles. The fourth-order valence-corrected chi connectivity index (χ4v) is 5.60. The van der Waals surface area contributed by atoms with E-state index in [1.54, 1.807) is 50.2 Å². The van der Waals surface area contributed by atoms with Crippen LogP contribution in [0, 0.1) is 13.8 Å². The van der Waals surface area contributed by atoms with Gasteiger partial charge in [0.1, 0.15) is 0 Å². The SMILES string of the molecule is CCCNOC(=O)Nc1cc(NC(=O)Nc2ccc(S(=O)(=O)c3ccc(NC(=O)Nc4ccc(C)c(NC(=O)OC)c4)cc3)cc2)ccc1C. The summed E-state index contributed by atoms with van der Waals surface area (Å²) in [5.74, 6) is 0. The molecule has 0 aliphatic rings. The number of benzene rings is 4. The molecule has 6 amide bonds. The van der Waals surface area contributed by atoms with Crippen LogP contribution in [0.4, 0.5) is 53.3 Å². The van der Waals surface area contributed by atoms with Crippen molar-refractivity contribution in [2.24, 2.45) is 0 Å². The van der Waals surface area contributed by atoms with Crippen molar-refractivity contribution in [2.75, 3.05) is 45.6 Å². The van der Waals surface area contributed by atoms with E-state index >= 15 is 0 Å². The molecule has 4 aromatic carbocycles. The van der Waals surface area contributed by atoms with Crippen LogP contribution in [-0.4, -0.2) is 46.3 Å². The van der Waals surface area contributed by atoms with Crippen molar-refractivity contribution >= 4 is 68.2 Å². The predicted molar refractivity (Wildman–Crippen MR) is 190 cm³/mol. The molecular weight excluding hydrogens is 666 g/mol.